The number of hydrogen-bond acceptors (Lipinski definition) is 5. The first-order chi connectivity index (χ1) is 19.4. The molecule has 6 heteroatoms. The number of methoxy groups -OCH3 is 1. The Morgan fingerprint density at radius 1 is 1.00 bits per heavy atom. The van der Waals surface area contributed by atoms with Crippen molar-refractivity contribution >= 4 is 22.4 Å². The molecular weight excluding hydrogens is 494 g/mol. The van der Waals surface area contributed by atoms with Gasteiger partial charge in [0.15, 0.2) is 5.82 Å². The average Bonchev–Trinajstić information content (AvgIpc) is 3.47. The highest BCUT2D eigenvalue weighted by Crippen LogP contribution is 2.43. The molecule has 0 saturated carbocycles. The molecule has 40 heavy (non-hydrogen) atoms. The van der Waals surface area contributed by atoms with E-state index in [1.165, 1.54) is 51.9 Å². The normalized spacial score (nSPS) is 22.4. The fourth-order valence-electron chi connectivity index (χ4n) is 7.47. The Kier molecular flexibility index (Phi) is 6.34. The summed E-state index contributed by atoms with van der Waals surface area (Å²) in [7, 11) is 1.87. The van der Waals surface area contributed by atoms with Crippen LogP contribution in [0.15, 0.2) is 42.6 Å². The quantitative estimate of drug-likeness (QED) is 0.296. The van der Waals surface area contributed by atoms with Crippen molar-refractivity contribution in [2.24, 2.45) is 0 Å². The number of hydrogen-bond donors (Lipinski definition) is 1. The number of aromatic amines is 1. The third-order valence-electron chi connectivity index (χ3n) is 9.69. The number of aromatic nitrogens is 3. The van der Waals surface area contributed by atoms with Gasteiger partial charge in [-0.15, -0.1) is 0 Å². The summed E-state index contributed by atoms with van der Waals surface area (Å²) in [5, 5.41) is 1.23. The van der Waals surface area contributed by atoms with Gasteiger partial charge in [-0.25, -0.2) is 9.97 Å². The summed E-state index contributed by atoms with van der Waals surface area (Å²) in [6.45, 7) is 10.8. The Morgan fingerprint density at radius 3 is 2.55 bits per heavy atom. The average molecular weight is 536 g/mol. The van der Waals surface area contributed by atoms with Gasteiger partial charge in [-0.3, -0.25) is 0 Å². The van der Waals surface area contributed by atoms with Crippen LogP contribution in [0.4, 0.5) is 11.5 Å². The molecule has 0 amide bonds. The lowest BCUT2D eigenvalue weighted by Gasteiger charge is -2.42. The number of rotatable bonds is 5. The molecule has 2 saturated heterocycles. The number of aryl methyl sites for hydroxylation is 2. The first-order valence-electron chi connectivity index (χ1n) is 15.0. The predicted molar refractivity (Wildman–Crippen MR) is 163 cm³/mol. The Morgan fingerprint density at radius 2 is 1.80 bits per heavy atom. The zero-order chi connectivity index (χ0) is 27.5. The first-order valence-corrected chi connectivity index (χ1v) is 15.0. The van der Waals surface area contributed by atoms with Gasteiger partial charge in [-0.2, -0.15) is 0 Å². The topological polar surface area (TPSA) is 57.3 Å². The molecule has 1 N–H and O–H groups in total. The van der Waals surface area contributed by atoms with Crippen LogP contribution in [0.2, 0.25) is 0 Å². The Labute approximate surface area is 237 Å². The van der Waals surface area contributed by atoms with E-state index in [1.807, 2.05) is 7.11 Å². The van der Waals surface area contributed by atoms with Crippen LogP contribution in [0.5, 0.6) is 0 Å². The van der Waals surface area contributed by atoms with Crippen molar-refractivity contribution in [1.29, 1.82) is 0 Å². The highest BCUT2D eigenvalue weighted by Gasteiger charge is 2.43. The summed E-state index contributed by atoms with van der Waals surface area (Å²) >= 11 is 0. The lowest BCUT2D eigenvalue weighted by atomic mass is 9.96. The van der Waals surface area contributed by atoms with Gasteiger partial charge in [0.2, 0.25) is 0 Å². The van der Waals surface area contributed by atoms with E-state index >= 15 is 0 Å². The van der Waals surface area contributed by atoms with Crippen LogP contribution in [-0.4, -0.2) is 46.8 Å². The van der Waals surface area contributed by atoms with Crippen molar-refractivity contribution in [2.45, 2.75) is 90.4 Å². The summed E-state index contributed by atoms with van der Waals surface area (Å²) < 4.78 is 5.86. The summed E-state index contributed by atoms with van der Waals surface area (Å²) in [6, 6.07) is 14.4. The van der Waals surface area contributed by atoms with Gasteiger partial charge < -0.3 is 19.5 Å². The van der Waals surface area contributed by atoms with Gasteiger partial charge in [0.1, 0.15) is 5.82 Å². The van der Waals surface area contributed by atoms with Gasteiger partial charge in [0.05, 0.1) is 11.8 Å². The number of fused-ring (bicyclic) bond motifs is 4. The maximum absolute atomic E-state index is 5.86. The molecule has 2 bridgehead atoms. The highest BCUT2D eigenvalue weighted by atomic mass is 16.5. The zero-order valence-corrected chi connectivity index (χ0v) is 24.5. The van der Waals surface area contributed by atoms with E-state index in [0.29, 0.717) is 24.1 Å². The Hall–Kier alpha value is -3.38. The third kappa shape index (κ3) is 4.19. The SMILES string of the molecule is COC1CC2CCC(C1)N2c1nc(-c2cccc3[nH]cc(C)c23)nc2c1CN(c1cc(C(C)C)ccc1C)CC2. The zero-order valence-electron chi connectivity index (χ0n) is 24.5. The maximum Gasteiger partial charge on any atom is 0.162 e. The van der Waals surface area contributed by atoms with Crippen molar-refractivity contribution in [3.8, 4) is 11.4 Å². The number of nitrogens with zero attached hydrogens (tertiary/aromatic N) is 4. The second kappa shape index (κ2) is 9.91. The van der Waals surface area contributed by atoms with E-state index in [0.717, 1.165) is 55.1 Å². The minimum absolute atomic E-state index is 0.347. The predicted octanol–water partition coefficient (Wildman–Crippen LogP) is 7.07. The second-order valence-electron chi connectivity index (χ2n) is 12.5. The molecule has 0 radical (unpaired) electrons. The minimum Gasteiger partial charge on any atom is -0.381 e. The van der Waals surface area contributed by atoms with Crippen molar-refractivity contribution < 1.29 is 4.74 Å². The summed E-state index contributed by atoms with van der Waals surface area (Å²) in [5.41, 5.74) is 10.1. The molecule has 3 aliphatic heterocycles. The smallest absolute Gasteiger partial charge is 0.162 e. The lowest BCUT2D eigenvalue weighted by molar-refractivity contribution is 0.0681. The van der Waals surface area contributed by atoms with Gasteiger partial charge in [-0.1, -0.05) is 38.1 Å². The fraction of sp³-hybridized carbons (Fsp3) is 0.471. The molecule has 2 fully saturated rings. The summed E-state index contributed by atoms with van der Waals surface area (Å²) in [5.74, 6) is 2.53. The number of piperidine rings is 1. The van der Waals surface area contributed by atoms with E-state index < -0.39 is 0 Å². The molecule has 6 nitrogen and oxygen atoms in total. The van der Waals surface area contributed by atoms with E-state index in [-0.39, 0.29) is 0 Å². The fourth-order valence-corrected chi connectivity index (χ4v) is 7.47. The third-order valence-corrected chi connectivity index (χ3v) is 9.69. The number of benzene rings is 2. The molecule has 2 atom stereocenters. The molecule has 0 aliphatic carbocycles. The van der Waals surface area contributed by atoms with Crippen LogP contribution >= 0.6 is 0 Å². The van der Waals surface area contributed by atoms with Crippen LogP contribution in [0, 0.1) is 13.8 Å². The molecule has 2 aromatic heterocycles. The molecule has 3 aliphatic rings. The van der Waals surface area contributed by atoms with Crippen LogP contribution in [0.25, 0.3) is 22.3 Å². The van der Waals surface area contributed by atoms with E-state index in [2.05, 4.69) is 85.1 Å². The van der Waals surface area contributed by atoms with Gasteiger partial charge in [0, 0.05) is 72.6 Å². The summed E-state index contributed by atoms with van der Waals surface area (Å²) in [6.07, 6.45) is 7.94. The Bertz CT molecular complexity index is 1560. The first kappa shape index (κ1) is 25.6. The monoisotopic (exact) mass is 535 g/mol. The van der Waals surface area contributed by atoms with Gasteiger partial charge >= 0.3 is 0 Å². The van der Waals surface area contributed by atoms with Gasteiger partial charge in [-0.05, 0) is 74.3 Å². The van der Waals surface area contributed by atoms with Crippen molar-refractivity contribution in [3.05, 3.63) is 70.5 Å². The van der Waals surface area contributed by atoms with E-state index in [1.54, 1.807) is 0 Å². The molecular formula is C34H41N5O. The van der Waals surface area contributed by atoms with Gasteiger partial charge in [0.25, 0.3) is 0 Å². The molecule has 2 unspecified atom stereocenters. The standard InChI is InChI=1S/C34H41N5O/c1-20(2)23-10-9-21(3)31(15-23)38-14-13-29-28(19-38)34(39-24-11-12-25(39)17-26(16-24)40-5)37-33(36-29)27-7-6-8-30-32(27)22(4)18-35-30/h6-10,15,18,20,24-26,35H,11-14,16-17,19H2,1-5H3. The minimum atomic E-state index is 0.347. The molecule has 4 aromatic rings. The number of anilines is 2. The number of H-pyrrole nitrogens is 1. The van der Waals surface area contributed by atoms with Crippen LogP contribution in [0.3, 0.4) is 0 Å². The van der Waals surface area contributed by atoms with Crippen LogP contribution in [0.1, 0.15) is 73.4 Å². The lowest BCUT2D eigenvalue weighted by Crippen LogP contribution is -2.47. The molecule has 2 aromatic carbocycles. The molecule has 208 valence electrons. The largest absolute Gasteiger partial charge is 0.381 e. The maximum atomic E-state index is 5.86. The van der Waals surface area contributed by atoms with Crippen molar-refractivity contribution in [2.75, 3.05) is 23.5 Å². The summed E-state index contributed by atoms with van der Waals surface area (Å²) in [4.78, 5) is 19.4. The van der Waals surface area contributed by atoms with Crippen LogP contribution in [-0.2, 0) is 17.7 Å². The molecule has 5 heterocycles. The van der Waals surface area contributed by atoms with E-state index in [9.17, 15) is 0 Å². The van der Waals surface area contributed by atoms with Crippen molar-refractivity contribution in [1.82, 2.24) is 15.0 Å². The van der Waals surface area contributed by atoms with Crippen LogP contribution < -0.4 is 9.80 Å². The number of ether oxygens (including phenoxy) is 1. The molecule has 7 rings (SSSR count). The van der Waals surface area contributed by atoms with Crippen molar-refractivity contribution in [3.63, 3.8) is 0 Å². The highest BCUT2D eigenvalue weighted by molar-refractivity contribution is 5.96. The number of nitrogens with one attached hydrogen (secondary N) is 1. The second-order valence-corrected chi connectivity index (χ2v) is 12.5. The molecule has 0 spiro atoms. The Balaban J connectivity index is 1.36. The van der Waals surface area contributed by atoms with E-state index in [4.69, 9.17) is 14.7 Å².